The minimum absolute atomic E-state index is 0.0281. The summed E-state index contributed by atoms with van der Waals surface area (Å²) in [6.45, 7) is 1.34. The van der Waals surface area contributed by atoms with E-state index >= 15 is 0 Å². The predicted octanol–water partition coefficient (Wildman–Crippen LogP) is 2.63. The van der Waals surface area contributed by atoms with Crippen LogP contribution in [0.25, 0.3) is 0 Å². The standard InChI is InChI=1S/C14H12IN3O5/c1-9-2-4-12(11(6-9)18(20)21)22-8-14(19)17-16-7-10-3-5-13(15)23-10/h2-7H,8H2,1H3,(H,17,19)/b16-7-. The number of amides is 1. The number of carbonyl (C=O) groups excluding carboxylic acids is 1. The smallest absolute Gasteiger partial charge is 0.311 e. The number of ether oxygens (including phenoxy) is 1. The van der Waals surface area contributed by atoms with Gasteiger partial charge in [-0.15, -0.1) is 0 Å². The largest absolute Gasteiger partial charge is 0.477 e. The molecular weight excluding hydrogens is 417 g/mol. The van der Waals surface area contributed by atoms with E-state index in [1.165, 1.54) is 18.3 Å². The number of nitrogens with zero attached hydrogens (tertiary/aromatic N) is 2. The highest BCUT2D eigenvalue weighted by Crippen LogP contribution is 2.27. The van der Waals surface area contributed by atoms with Crippen molar-refractivity contribution < 1.29 is 18.9 Å². The van der Waals surface area contributed by atoms with E-state index in [0.29, 0.717) is 9.53 Å². The van der Waals surface area contributed by atoms with Crippen molar-refractivity contribution in [3.05, 3.63) is 55.5 Å². The molecule has 0 aliphatic carbocycles. The lowest BCUT2D eigenvalue weighted by molar-refractivity contribution is -0.385. The molecule has 0 radical (unpaired) electrons. The van der Waals surface area contributed by atoms with Gasteiger partial charge >= 0.3 is 5.69 Å². The van der Waals surface area contributed by atoms with E-state index in [1.807, 2.05) is 22.6 Å². The van der Waals surface area contributed by atoms with Crippen LogP contribution in [0.1, 0.15) is 11.3 Å². The molecule has 2 rings (SSSR count). The second-order valence-corrected chi connectivity index (χ2v) is 5.52. The van der Waals surface area contributed by atoms with E-state index in [0.717, 1.165) is 5.56 Å². The second kappa shape index (κ2) is 7.72. The summed E-state index contributed by atoms with van der Waals surface area (Å²) in [5.41, 5.74) is 2.78. The van der Waals surface area contributed by atoms with E-state index in [-0.39, 0.29) is 11.4 Å². The van der Waals surface area contributed by atoms with Gasteiger partial charge in [-0.25, -0.2) is 5.43 Å². The average Bonchev–Trinajstić information content (AvgIpc) is 2.91. The third kappa shape index (κ3) is 5.06. The van der Waals surface area contributed by atoms with Gasteiger partial charge in [0, 0.05) is 6.07 Å². The van der Waals surface area contributed by atoms with E-state index in [2.05, 4.69) is 10.5 Å². The van der Waals surface area contributed by atoms with Crippen LogP contribution >= 0.6 is 22.6 Å². The van der Waals surface area contributed by atoms with E-state index in [9.17, 15) is 14.9 Å². The molecule has 0 bridgehead atoms. The molecule has 0 fully saturated rings. The van der Waals surface area contributed by atoms with E-state index < -0.39 is 17.4 Å². The van der Waals surface area contributed by atoms with Crippen molar-refractivity contribution in [3.8, 4) is 5.75 Å². The Morgan fingerprint density at radius 3 is 2.91 bits per heavy atom. The normalized spacial score (nSPS) is 10.7. The van der Waals surface area contributed by atoms with Crippen LogP contribution in [0.3, 0.4) is 0 Å². The summed E-state index contributed by atoms with van der Waals surface area (Å²) >= 11 is 2.01. The Hall–Kier alpha value is -2.43. The SMILES string of the molecule is Cc1ccc(OCC(=O)N/N=C\c2ccc(I)o2)c([N+](=O)[O-])c1. The molecule has 0 aliphatic heterocycles. The number of halogens is 1. The number of hydrazone groups is 1. The molecular formula is C14H12IN3O5. The van der Waals surface area contributed by atoms with Crippen molar-refractivity contribution in [2.24, 2.45) is 5.10 Å². The number of hydrogen-bond donors (Lipinski definition) is 1. The summed E-state index contributed by atoms with van der Waals surface area (Å²) in [6, 6.07) is 7.95. The van der Waals surface area contributed by atoms with Crippen LogP contribution in [0.15, 0.2) is 39.9 Å². The fourth-order valence-electron chi connectivity index (χ4n) is 1.63. The molecule has 2 aromatic rings. The summed E-state index contributed by atoms with van der Waals surface area (Å²) < 4.78 is 11.1. The molecule has 0 spiro atoms. The van der Waals surface area contributed by atoms with Crippen molar-refractivity contribution >= 4 is 40.4 Å². The third-order valence-corrected chi connectivity index (χ3v) is 3.22. The average molecular weight is 429 g/mol. The van der Waals surface area contributed by atoms with Gasteiger partial charge in [0.2, 0.25) is 0 Å². The lowest BCUT2D eigenvalue weighted by atomic mass is 10.2. The van der Waals surface area contributed by atoms with Gasteiger partial charge in [0.1, 0.15) is 5.76 Å². The molecule has 0 saturated carbocycles. The molecule has 1 amide bonds. The number of carbonyl (C=O) groups is 1. The van der Waals surface area contributed by atoms with Crippen LogP contribution in [0.5, 0.6) is 5.75 Å². The van der Waals surface area contributed by atoms with Gasteiger partial charge in [0.15, 0.2) is 16.1 Å². The van der Waals surface area contributed by atoms with Crippen LogP contribution in [-0.2, 0) is 4.79 Å². The van der Waals surface area contributed by atoms with Gasteiger partial charge in [-0.05, 0) is 53.3 Å². The monoisotopic (exact) mass is 429 g/mol. The molecule has 0 atom stereocenters. The molecule has 0 aliphatic rings. The van der Waals surface area contributed by atoms with E-state index in [4.69, 9.17) is 9.15 Å². The maximum absolute atomic E-state index is 11.6. The number of hydrogen-bond acceptors (Lipinski definition) is 6. The maximum atomic E-state index is 11.6. The van der Waals surface area contributed by atoms with Gasteiger partial charge in [0.25, 0.3) is 5.91 Å². The van der Waals surface area contributed by atoms with Crippen molar-refractivity contribution in [1.29, 1.82) is 0 Å². The molecule has 0 saturated heterocycles. The number of nitrogens with one attached hydrogen (secondary N) is 1. The molecule has 8 nitrogen and oxygen atoms in total. The van der Waals surface area contributed by atoms with Crippen LogP contribution in [0.2, 0.25) is 0 Å². The zero-order valence-electron chi connectivity index (χ0n) is 12.0. The van der Waals surface area contributed by atoms with E-state index in [1.54, 1.807) is 25.1 Å². The predicted molar refractivity (Wildman–Crippen MR) is 90.5 cm³/mol. The highest BCUT2D eigenvalue weighted by atomic mass is 127. The van der Waals surface area contributed by atoms with Crippen LogP contribution in [-0.4, -0.2) is 23.7 Å². The first kappa shape index (κ1) is 16.9. The second-order valence-electron chi connectivity index (χ2n) is 4.45. The quantitative estimate of drug-likeness (QED) is 0.329. The van der Waals surface area contributed by atoms with Gasteiger partial charge in [0.05, 0.1) is 11.1 Å². The van der Waals surface area contributed by atoms with Crippen molar-refractivity contribution in [1.82, 2.24) is 5.43 Å². The highest BCUT2D eigenvalue weighted by molar-refractivity contribution is 14.1. The fraction of sp³-hybridized carbons (Fsp3) is 0.143. The molecule has 1 N–H and O–H groups in total. The number of benzene rings is 1. The first-order valence-corrected chi connectivity index (χ1v) is 7.48. The Balaban J connectivity index is 1.89. The van der Waals surface area contributed by atoms with Gasteiger partial charge in [-0.3, -0.25) is 14.9 Å². The number of nitro benzene ring substituents is 1. The lowest BCUT2D eigenvalue weighted by Crippen LogP contribution is -2.24. The van der Waals surface area contributed by atoms with Crippen molar-refractivity contribution in [3.63, 3.8) is 0 Å². The lowest BCUT2D eigenvalue weighted by Gasteiger charge is -2.06. The maximum Gasteiger partial charge on any atom is 0.311 e. The molecule has 1 aromatic carbocycles. The Labute approximate surface area is 144 Å². The Morgan fingerprint density at radius 2 is 2.26 bits per heavy atom. The van der Waals surface area contributed by atoms with Crippen LogP contribution in [0.4, 0.5) is 5.69 Å². The topological polar surface area (TPSA) is 107 Å². The molecule has 1 aromatic heterocycles. The van der Waals surface area contributed by atoms with Crippen LogP contribution in [0, 0.1) is 20.8 Å². The minimum atomic E-state index is -0.559. The number of aryl methyl sites for hydroxylation is 1. The summed E-state index contributed by atoms with van der Waals surface area (Å²) in [4.78, 5) is 22.0. The van der Waals surface area contributed by atoms with Gasteiger partial charge in [-0.2, -0.15) is 5.10 Å². The zero-order valence-corrected chi connectivity index (χ0v) is 14.1. The number of rotatable bonds is 6. The number of nitro groups is 1. The zero-order chi connectivity index (χ0) is 16.8. The fourth-order valence-corrected chi connectivity index (χ4v) is 2.07. The molecule has 1 heterocycles. The van der Waals surface area contributed by atoms with Crippen LogP contribution < -0.4 is 10.2 Å². The minimum Gasteiger partial charge on any atom is -0.477 e. The highest BCUT2D eigenvalue weighted by Gasteiger charge is 2.16. The first-order chi connectivity index (χ1) is 11.0. The van der Waals surface area contributed by atoms with Crippen molar-refractivity contribution in [2.45, 2.75) is 6.92 Å². The molecule has 9 heteroatoms. The van der Waals surface area contributed by atoms with Gasteiger partial charge in [-0.1, -0.05) is 6.07 Å². The molecule has 23 heavy (non-hydrogen) atoms. The van der Waals surface area contributed by atoms with Crippen molar-refractivity contribution in [2.75, 3.05) is 6.61 Å². The third-order valence-electron chi connectivity index (χ3n) is 2.64. The summed E-state index contributed by atoms with van der Waals surface area (Å²) in [7, 11) is 0. The first-order valence-electron chi connectivity index (χ1n) is 6.41. The Bertz CT molecular complexity index is 757. The summed E-state index contributed by atoms with van der Waals surface area (Å²) in [5, 5.41) is 14.6. The molecule has 0 unspecified atom stereocenters. The Kier molecular flexibility index (Phi) is 5.68. The summed E-state index contributed by atoms with van der Waals surface area (Å²) in [5.74, 6) is -0.0255. The van der Waals surface area contributed by atoms with Gasteiger partial charge < -0.3 is 9.15 Å². The summed E-state index contributed by atoms with van der Waals surface area (Å²) in [6.07, 6.45) is 1.34. The Morgan fingerprint density at radius 1 is 1.48 bits per heavy atom. The molecule has 120 valence electrons. The number of furan rings is 1.